The van der Waals surface area contributed by atoms with Gasteiger partial charge >= 0.3 is 5.63 Å². The number of ether oxygens (including phenoxy) is 1. The van der Waals surface area contributed by atoms with Crippen LogP contribution >= 0.6 is 11.6 Å². The quantitative estimate of drug-likeness (QED) is 0.561. The van der Waals surface area contributed by atoms with E-state index in [0.717, 1.165) is 42.6 Å². The van der Waals surface area contributed by atoms with Gasteiger partial charge in [0.25, 0.3) is 0 Å². The molecule has 1 atom stereocenters. The largest absolute Gasteiger partial charge is 0.494 e. The number of benzene rings is 2. The van der Waals surface area contributed by atoms with Crippen LogP contribution in [0.1, 0.15) is 31.4 Å². The van der Waals surface area contributed by atoms with Gasteiger partial charge in [0.1, 0.15) is 5.58 Å². The molecule has 2 heterocycles. The van der Waals surface area contributed by atoms with Crippen LogP contribution in [0.3, 0.4) is 0 Å². The average Bonchev–Trinajstić information content (AvgIpc) is 2.74. The zero-order valence-corrected chi connectivity index (χ0v) is 17.7. The van der Waals surface area contributed by atoms with Crippen molar-refractivity contribution in [2.75, 3.05) is 25.5 Å². The Hall–Kier alpha value is -2.57. The number of methoxy groups -OCH3 is 1. The van der Waals surface area contributed by atoms with Gasteiger partial charge in [-0.15, -0.1) is 0 Å². The number of piperidine rings is 1. The molecule has 1 aromatic heterocycles. The summed E-state index contributed by atoms with van der Waals surface area (Å²) in [5, 5.41) is 4.88. The lowest BCUT2D eigenvalue weighted by Crippen LogP contribution is -2.40. The topological polar surface area (TPSA) is 54.7 Å². The summed E-state index contributed by atoms with van der Waals surface area (Å²) < 4.78 is 24.4. The van der Waals surface area contributed by atoms with Crippen LogP contribution in [0.5, 0.6) is 5.75 Å². The molecule has 158 valence electrons. The lowest BCUT2D eigenvalue weighted by atomic mass is 9.99. The molecule has 2 aromatic carbocycles. The molecule has 3 aromatic rings. The average molecular weight is 431 g/mol. The van der Waals surface area contributed by atoms with Gasteiger partial charge in [-0.05, 0) is 55.7 Å². The highest BCUT2D eigenvalue weighted by molar-refractivity contribution is 6.31. The molecule has 30 heavy (non-hydrogen) atoms. The first kappa shape index (κ1) is 20.7. The molecule has 1 unspecified atom stereocenters. The number of halogens is 2. The molecule has 0 aliphatic carbocycles. The van der Waals surface area contributed by atoms with Crippen molar-refractivity contribution in [2.45, 2.75) is 31.8 Å². The fraction of sp³-hybridized carbons (Fsp3) is 0.348. The summed E-state index contributed by atoms with van der Waals surface area (Å²) in [5.74, 6) is -0.0830. The summed E-state index contributed by atoms with van der Waals surface area (Å²) >= 11 is 6.13. The lowest BCUT2D eigenvalue weighted by Gasteiger charge is -2.37. The van der Waals surface area contributed by atoms with Gasteiger partial charge in [-0.2, -0.15) is 0 Å². The smallest absolute Gasteiger partial charge is 0.338 e. The van der Waals surface area contributed by atoms with Gasteiger partial charge in [0.2, 0.25) is 0 Å². The molecule has 4 rings (SSSR count). The number of hydrogen-bond acceptors (Lipinski definition) is 5. The Morgan fingerprint density at radius 1 is 1.20 bits per heavy atom. The van der Waals surface area contributed by atoms with Crippen molar-refractivity contribution in [3.05, 3.63) is 69.3 Å². The molecule has 7 heteroatoms. The van der Waals surface area contributed by atoms with E-state index in [1.165, 1.54) is 13.2 Å². The number of fused-ring (bicyclic) bond motifs is 1. The van der Waals surface area contributed by atoms with Gasteiger partial charge in [0.15, 0.2) is 11.6 Å². The van der Waals surface area contributed by atoms with Crippen LogP contribution in [0.4, 0.5) is 10.1 Å². The predicted molar refractivity (Wildman–Crippen MR) is 117 cm³/mol. The van der Waals surface area contributed by atoms with Crippen molar-refractivity contribution in [3.8, 4) is 5.75 Å². The van der Waals surface area contributed by atoms with E-state index in [0.29, 0.717) is 10.6 Å². The van der Waals surface area contributed by atoms with E-state index in [4.69, 9.17) is 20.8 Å². The van der Waals surface area contributed by atoms with E-state index in [1.54, 1.807) is 30.3 Å². The third kappa shape index (κ3) is 4.30. The van der Waals surface area contributed by atoms with Crippen LogP contribution < -0.4 is 15.7 Å². The molecule has 0 saturated carbocycles. The molecule has 5 nitrogen and oxygen atoms in total. The molecule has 1 saturated heterocycles. The molecule has 0 amide bonds. The Bertz CT molecular complexity index is 1110. The fourth-order valence-electron chi connectivity index (χ4n) is 4.06. The molecule has 0 spiro atoms. The minimum Gasteiger partial charge on any atom is -0.494 e. The SMILES string of the molecule is COc1ccc(C(C)N2CCC(Nc3cc(=O)oc4ccc(Cl)cc34)CC2)cc1F. The van der Waals surface area contributed by atoms with Gasteiger partial charge in [-0.3, -0.25) is 4.90 Å². The zero-order chi connectivity index (χ0) is 21.3. The van der Waals surface area contributed by atoms with Crippen molar-refractivity contribution < 1.29 is 13.5 Å². The molecule has 1 aliphatic heterocycles. The number of likely N-dealkylation sites (tertiary alicyclic amines) is 1. The van der Waals surface area contributed by atoms with Crippen LogP contribution in [0.25, 0.3) is 11.0 Å². The highest BCUT2D eigenvalue weighted by atomic mass is 35.5. The second-order valence-electron chi connectivity index (χ2n) is 7.64. The molecule has 1 aliphatic rings. The summed E-state index contributed by atoms with van der Waals surface area (Å²) in [4.78, 5) is 14.3. The maximum Gasteiger partial charge on any atom is 0.338 e. The summed E-state index contributed by atoms with van der Waals surface area (Å²) in [7, 11) is 1.47. The van der Waals surface area contributed by atoms with E-state index in [2.05, 4.69) is 17.1 Å². The van der Waals surface area contributed by atoms with E-state index < -0.39 is 0 Å². The lowest BCUT2D eigenvalue weighted by molar-refractivity contribution is 0.167. The molecule has 0 bridgehead atoms. The fourth-order valence-corrected chi connectivity index (χ4v) is 4.23. The Morgan fingerprint density at radius 3 is 2.67 bits per heavy atom. The summed E-state index contributed by atoms with van der Waals surface area (Å²) in [6.45, 7) is 3.83. The zero-order valence-electron chi connectivity index (χ0n) is 17.0. The number of rotatable bonds is 5. The van der Waals surface area contributed by atoms with Gasteiger partial charge in [-0.25, -0.2) is 9.18 Å². The third-order valence-electron chi connectivity index (χ3n) is 5.80. The number of anilines is 1. The van der Waals surface area contributed by atoms with E-state index >= 15 is 0 Å². The number of hydrogen-bond donors (Lipinski definition) is 1. The standard InChI is InChI=1S/C23H24ClFN2O3/c1-14(15-3-5-22(29-2)19(25)11-15)27-9-7-17(8-10-27)26-20-13-23(28)30-21-6-4-16(24)12-18(20)21/h3-6,11-14,17,26H,7-10H2,1-2H3. The minimum atomic E-state index is -0.389. The highest BCUT2D eigenvalue weighted by Crippen LogP contribution is 2.30. The van der Waals surface area contributed by atoms with Gasteiger partial charge in [-0.1, -0.05) is 17.7 Å². The third-order valence-corrected chi connectivity index (χ3v) is 6.03. The van der Waals surface area contributed by atoms with Crippen molar-refractivity contribution in [2.24, 2.45) is 0 Å². The van der Waals surface area contributed by atoms with Gasteiger partial charge in [0, 0.05) is 41.6 Å². The first-order chi connectivity index (χ1) is 14.4. The Morgan fingerprint density at radius 2 is 1.97 bits per heavy atom. The minimum absolute atomic E-state index is 0.106. The second-order valence-corrected chi connectivity index (χ2v) is 8.08. The summed E-state index contributed by atoms with van der Waals surface area (Å²) in [6, 6.07) is 12.2. The molecule has 1 N–H and O–H groups in total. The molecule has 0 radical (unpaired) electrons. The van der Waals surface area contributed by atoms with Crippen molar-refractivity contribution >= 4 is 28.3 Å². The van der Waals surface area contributed by atoms with Crippen molar-refractivity contribution in [1.29, 1.82) is 0 Å². The maximum absolute atomic E-state index is 14.1. The summed E-state index contributed by atoms with van der Waals surface area (Å²) in [6.07, 6.45) is 1.82. The second kappa shape index (κ2) is 8.66. The first-order valence-corrected chi connectivity index (χ1v) is 10.4. The highest BCUT2D eigenvalue weighted by Gasteiger charge is 2.24. The van der Waals surface area contributed by atoms with Crippen LogP contribution in [0.2, 0.25) is 5.02 Å². The summed E-state index contributed by atoms with van der Waals surface area (Å²) in [5.41, 5.74) is 1.80. The number of nitrogens with zero attached hydrogens (tertiary/aromatic N) is 1. The number of nitrogens with one attached hydrogen (secondary N) is 1. The Balaban J connectivity index is 1.44. The molecular formula is C23H24ClFN2O3. The Kier molecular flexibility index (Phi) is 5.97. The van der Waals surface area contributed by atoms with Gasteiger partial charge in [0.05, 0.1) is 12.8 Å². The predicted octanol–water partition coefficient (Wildman–Crippen LogP) is 5.23. The van der Waals surface area contributed by atoms with Crippen LogP contribution in [-0.2, 0) is 0 Å². The van der Waals surface area contributed by atoms with E-state index in [9.17, 15) is 9.18 Å². The molecular weight excluding hydrogens is 407 g/mol. The van der Waals surface area contributed by atoms with Gasteiger partial charge < -0.3 is 14.5 Å². The van der Waals surface area contributed by atoms with E-state index in [-0.39, 0.29) is 29.3 Å². The van der Waals surface area contributed by atoms with E-state index in [1.807, 2.05) is 6.07 Å². The molecule has 1 fully saturated rings. The van der Waals surface area contributed by atoms with Crippen molar-refractivity contribution in [1.82, 2.24) is 4.90 Å². The monoisotopic (exact) mass is 430 g/mol. The van der Waals surface area contributed by atoms with Crippen LogP contribution in [0.15, 0.2) is 51.7 Å². The Labute approximate surface area is 179 Å². The first-order valence-electron chi connectivity index (χ1n) is 10.0. The van der Waals surface area contributed by atoms with Crippen LogP contribution in [0, 0.1) is 5.82 Å². The normalized spacial score (nSPS) is 16.5. The van der Waals surface area contributed by atoms with Crippen molar-refractivity contribution in [3.63, 3.8) is 0 Å². The van der Waals surface area contributed by atoms with Crippen LogP contribution in [-0.4, -0.2) is 31.1 Å². The maximum atomic E-state index is 14.1.